The van der Waals surface area contributed by atoms with Gasteiger partial charge >= 0.3 is 0 Å². The van der Waals surface area contributed by atoms with E-state index in [9.17, 15) is 9.59 Å². The lowest BCUT2D eigenvalue weighted by Crippen LogP contribution is -2.27. The summed E-state index contributed by atoms with van der Waals surface area (Å²) in [4.78, 5) is 24.3. The Morgan fingerprint density at radius 1 is 1.20 bits per heavy atom. The Balaban J connectivity index is 1.77. The van der Waals surface area contributed by atoms with E-state index in [-0.39, 0.29) is 17.9 Å². The summed E-state index contributed by atoms with van der Waals surface area (Å²) in [6.45, 7) is 0.507. The summed E-state index contributed by atoms with van der Waals surface area (Å²) in [6.07, 6.45) is 1.64. The molecule has 128 valence electrons. The number of rotatable bonds is 5. The first-order valence-corrected chi connectivity index (χ1v) is 8.55. The van der Waals surface area contributed by atoms with Crippen molar-refractivity contribution in [3.8, 4) is 5.75 Å². The smallest absolute Gasteiger partial charge is 0.240 e. The summed E-state index contributed by atoms with van der Waals surface area (Å²) < 4.78 is 7.90. The van der Waals surface area contributed by atoms with Gasteiger partial charge in [0.1, 0.15) is 12.3 Å². The number of hydrogen-bond donors (Lipinski definition) is 1. The average molecular weight is 401 g/mol. The van der Waals surface area contributed by atoms with Gasteiger partial charge < -0.3 is 14.6 Å². The normalized spacial score (nSPS) is 10.6. The molecule has 3 rings (SSSR count). The van der Waals surface area contributed by atoms with Crippen LogP contribution in [-0.4, -0.2) is 17.6 Å². The summed E-state index contributed by atoms with van der Waals surface area (Å²) in [6, 6.07) is 14.4. The molecule has 25 heavy (non-hydrogen) atoms. The number of nitrogens with one attached hydrogen (secondary N) is 1. The van der Waals surface area contributed by atoms with Crippen molar-refractivity contribution in [1.29, 1.82) is 0 Å². The summed E-state index contributed by atoms with van der Waals surface area (Å²) in [5, 5.41) is 3.47. The van der Waals surface area contributed by atoms with Gasteiger partial charge in [-0.15, -0.1) is 0 Å². The molecular formula is C19H17BrN2O3. The molecule has 5 nitrogen and oxygen atoms in total. The number of amides is 1. The number of halogens is 1. The fourth-order valence-corrected chi connectivity index (χ4v) is 3.02. The van der Waals surface area contributed by atoms with E-state index in [1.807, 2.05) is 36.4 Å². The van der Waals surface area contributed by atoms with Crippen LogP contribution in [0.3, 0.4) is 0 Å². The van der Waals surface area contributed by atoms with Gasteiger partial charge in [0, 0.05) is 34.2 Å². The van der Waals surface area contributed by atoms with Crippen LogP contribution in [0.4, 0.5) is 0 Å². The number of para-hydroxylation sites is 1. The Morgan fingerprint density at radius 2 is 2.00 bits per heavy atom. The van der Waals surface area contributed by atoms with Gasteiger partial charge in [-0.05, 0) is 24.3 Å². The number of aromatic nitrogens is 1. The molecule has 1 N–H and O–H groups in total. The van der Waals surface area contributed by atoms with E-state index in [4.69, 9.17) is 4.74 Å². The number of pyridine rings is 1. The number of benzene rings is 2. The number of ether oxygens (including phenoxy) is 1. The molecule has 1 amide bonds. The van der Waals surface area contributed by atoms with Crippen molar-refractivity contribution < 1.29 is 9.53 Å². The van der Waals surface area contributed by atoms with Gasteiger partial charge in [0.05, 0.1) is 12.6 Å². The van der Waals surface area contributed by atoms with Gasteiger partial charge in [-0.25, -0.2) is 0 Å². The summed E-state index contributed by atoms with van der Waals surface area (Å²) >= 11 is 3.40. The average Bonchev–Trinajstić information content (AvgIpc) is 2.62. The van der Waals surface area contributed by atoms with Crippen LogP contribution < -0.4 is 15.5 Å². The van der Waals surface area contributed by atoms with Gasteiger partial charge in [0.2, 0.25) is 5.91 Å². The summed E-state index contributed by atoms with van der Waals surface area (Å²) in [5.74, 6) is 0.594. The standard InChI is InChI=1S/C19H17BrN2O3/c1-25-18-5-3-2-4-13(18)11-21-19(24)12-22-9-8-17(23)15-7-6-14(20)10-16(15)22/h2-10H,11-12H2,1H3,(H,21,24). The zero-order valence-corrected chi connectivity index (χ0v) is 15.2. The lowest BCUT2D eigenvalue weighted by molar-refractivity contribution is -0.121. The van der Waals surface area contributed by atoms with Crippen molar-refractivity contribution in [2.24, 2.45) is 0 Å². The van der Waals surface area contributed by atoms with Crippen molar-refractivity contribution in [3.63, 3.8) is 0 Å². The molecule has 0 aliphatic carbocycles. The third-order valence-electron chi connectivity index (χ3n) is 3.92. The topological polar surface area (TPSA) is 60.3 Å². The van der Waals surface area contributed by atoms with Crippen LogP contribution in [0.15, 0.2) is 64.0 Å². The maximum Gasteiger partial charge on any atom is 0.240 e. The molecule has 3 aromatic rings. The first-order chi connectivity index (χ1) is 12.1. The first-order valence-electron chi connectivity index (χ1n) is 7.76. The molecule has 0 spiro atoms. The van der Waals surface area contributed by atoms with Crippen molar-refractivity contribution in [1.82, 2.24) is 9.88 Å². The predicted molar refractivity (Wildman–Crippen MR) is 101 cm³/mol. The van der Waals surface area contributed by atoms with Gasteiger partial charge in [-0.2, -0.15) is 0 Å². The van der Waals surface area contributed by atoms with E-state index in [2.05, 4.69) is 21.2 Å². The molecule has 1 heterocycles. The van der Waals surface area contributed by atoms with Crippen LogP contribution in [-0.2, 0) is 17.9 Å². The Morgan fingerprint density at radius 3 is 2.80 bits per heavy atom. The number of fused-ring (bicyclic) bond motifs is 1. The zero-order valence-electron chi connectivity index (χ0n) is 13.7. The molecule has 0 aliphatic heterocycles. The molecular weight excluding hydrogens is 384 g/mol. The Kier molecular flexibility index (Phi) is 5.19. The van der Waals surface area contributed by atoms with E-state index >= 15 is 0 Å². The van der Waals surface area contributed by atoms with Crippen LogP contribution >= 0.6 is 15.9 Å². The number of carbonyl (C=O) groups excluding carboxylic acids is 1. The zero-order chi connectivity index (χ0) is 17.8. The van der Waals surface area contributed by atoms with Gasteiger partial charge in [0.15, 0.2) is 5.43 Å². The van der Waals surface area contributed by atoms with Crippen molar-refractivity contribution in [2.75, 3.05) is 7.11 Å². The molecule has 1 aromatic heterocycles. The van der Waals surface area contributed by atoms with Crippen molar-refractivity contribution in [3.05, 3.63) is 75.0 Å². The van der Waals surface area contributed by atoms with E-state index < -0.39 is 0 Å². The number of methoxy groups -OCH3 is 1. The molecule has 0 aliphatic rings. The maximum atomic E-state index is 12.3. The van der Waals surface area contributed by atoms with Crippen LogP contribution in [0.25, 0.3) is 10.9 Å². The SMILES string of the molecule is COc1ccccc1CNC(=O)Cn1ccc(=O)c2ccc(Br)cc21. The largest absolute Gasteiger partial charge is 0.496 e. The van der Waals surface area contributed by atoms with Gasteiger partial charge in [0.25, 0.3) is 0 Å². The van der Waals surface area contributed by atoms with E-state index in [1.54, 1.807) is 23.9 Å². The van der Waals surface area contributed by atoms with Crippen molar-refractivity contribution >= 4 is 32.7 Å². The second-order valence-corrected chi connectivity index (χ2v) is 6.47. The van der Waals surface area contributed by atoms with Crippen LogP contribution in [0.2, 0.25) is 0 Å². The minimum atomic E-state index is -0.143. The molecule has 0 bridgehead atoms. The lowest BCUT2D eigenvalue weighted by atomic mass is 10.2. The monoisotopic (exact) mass is 400 g/mol. The van der Waals surface area contributed by atoms with Crippen molar-refractivity contribution in [2.45, 2.75) is 13.1 Å². The molecule has 0 radical (unpaired) electrons. The first kappa shape index (κ1) is 17.2. The highest BCUT2D eigenvalue weighted by molar-refractivity contribution is 9.10. The van der Waals surface area contributed by atoms with Gasteiger partial charge in [-0.1, -0.05) is 34.1 Å². The fourth-order valence-electron chi connectivity index (χ4n) is 2.67. The fraction of sp³-hybridized carbons (Fsp3) is 0.158. The Labute approximate surface area is 153 Å². The molecule has 0 unspecified atom stereocenters. The molecule has 0 atom stereocenters. The number of nitrogens with zero attached hydrogens (tertiary/aromatic N) is 1. The molecule has 0 fully saturated rings. The summed E-state index contributed by atoms with van der Waals surface area (Å²) in [5.41, 5.74) is 1.56. The quantitative estimate of drug-likeness (QED) is 0.715. The van der Waals surface area contributed by atoms with Crippen LogP contribution in [0, 0.1) is 0 Å². The van der Waals surface area contributed by atoms with E-state index in [1.165, 1.54) is 6.07 Å². The molecule has 2 aromatic carbocycles. The highest BCUT2D eigenvalue weighted by atomic mass is 79.9. The van der Waals surface area contributed by atoms with Gasteiger partial charge in [-0.3, -0.25) is 9.59 Å². The predicted octanol–water partition coefficient (Wildman–Crippen LogP) is 3.09. The molecule has 0 saturated carbocycles. The Hall–Kier alpha value is -2.60. The highest BCUT2D eigenvalue weighted by Gasteiger charge is 2.09. The Bertz CT molecular complexity index is 982. The molecule has 0 saturated heterocycles. The van der Waals surface area contributed by atoms with E-state index in [0.717, 1.165) is 15.8 Å². The van der Waals surface area contributed by atoms with Crippen LogP contribution in [0.1, 0.15) is 5.56 Å². The second-order valence-electron chi connectivity index (χ2n) is 5.56. The maximum absolute atomic E-state index is 12.3. The van der Waals surface area contributed by atoms with Crippen LogP contribution in [0.5, 0.6) is 5.75 Å². The second kappa shape index (κ2) is 7.53. The molecule has 6 heteroatoms. The third-order valence-corrected chi connectivity index (χ3v) is 4.42. The minimum Gasteiger partial charge on any atom is -0.496 e. The minimum absolute atomic E-state index is 0.0619. The lowest BCUT2D eigenvalue weighted by Gasteiger charge is -2.12. The summed E-state index contributed by atoms with van der Waals surface area (Å²) in [7, 11) is 1.60. The number of carbonyl (C=O) groups is 1. The highest BCUT2D eigenvalue weighted by Crippen LogP contribution is 2.18. The van der Waals surface area contributed by atoms with E-state index in [0.29, 0.717) is 17.4 Å². The third kappa shape index (κ3) is 3.91. The number of hydrogen-bond acceptors (Lipinski definition) is 3.